The van der Waals surface area contributed by atoms with Gasteiger partial charge in [0.05, 0.1) is 5.69 Å². The molecule has 5 heteroatoms. The molecule has 0 aliphatic carbocycles. The first-order valence-corrected chi connectivity index (χ1v) is 8.57. The van der Waals surface area contributed by atoms with E-state index in [9.17, 15) is 4.79 Å². The highest BCUT2D eigenvalue weighted by atomic mass is 16.1. The van der Waals surface area contributed by atoms with Crippen molar-refractivity contribution in [2.75, 3.05) is 31.2 Å². The topological polar surface area (TPSA) is 47.9 Å². The molecule has 1 aromatic rings. The molecule has 1 aromatic carbocycles. The minimum atomic E-state index is 0.00343. The number of carbonyl (C=O) groups excluding carboxylic acids is 1. The highest BCUT2D eigenvalue weighted by molar-refractivity contribution is 5.94. The third kappa shape index (κ3) is 3.91. The Bertz CT molecular complexity index is 575. The van der Waals surface area contributed by atoms with Crippen LogP contribution in [0.2, 0.25) is 0 Å². The molecule has 0 aromatic heterocycles. The monoisotopic (exact) mass is 314 g/mol. The van der Waals surface area contributed by atoms with Gasteiger partial charge in [0.1, 0.15) is 0 Å². The van der Waals surface area contributed by atoms with E-state index < -0.39 is 0 Å². The van der Waals surface area contributed by atoms with E-state index in [0.29, 0.717) is 18.2 Å². The summed E-state index contributed by atoms with van der Waals surface area (Å²) in [6.45, 7) is 8.16. The standard InChI is InChI=1S/C18H26N4O/c1-14-9-12-22(20-14)17-7-5-16(6-8-17)18(23)19-13-15(2)21-10-3-4-11-21/h5-8,15H,3-4,9-13H2,1-2H3,(H,19,23). The maximum absolute atomic E-state index is 12.3. The predicted octanol–water partition coefficient (Wildman–Crippen LogP) is 2.49. The fourth-order valence-corrected chi connectivity index (χ4v) is 3.20. The van der Waals surface area contributed by atoms with Gasteiger partial charge in [-0.05, 0) is 64.0 Å². The number of nitrogens with zero attached hydrogens (tertiary/aromatic N) is 3. The summed E-state index contributed by atoms with van der Waals surface area (Å²) >= 11 is 0. The average molecular weight is 314 g/mol. The van der Waals surface area contributed by atoms with Crippen molar-refractivity contribution in [3.63, 3.8) is 0 Å². The van der Waals surface area contributed by atoms with E-state index in [2.05, 4.69) is 22.2 Å². The lowest BCUT2D eigenvalue weighted by Gasteiger charge is -2.23. The molecule has 3 rings (SSSR count). The van der Waals surface area contributed by atoms with Crippen LogP contribution in [0.25, 0.3) is 0 Å². The lowest BCUT2D eigenvalue weighted by atomic mass is 10.2. The van der Waals surface area contributed by atoms with Crippen LogP contribution in [-0.4, -0.2) is 48.7 Å². The first-order chi connectivity index (χ1) is 11.1. The second-order valence-corrected chi connectivity index (χ2v) is 6.56. The Balaban J connectivity index is 1.53. The Labute approximate surface area is 138 Å². The van der Waals surface area contributed by atoms with E-state index in [1.807, 2.05) is 36.2 Å². The van der Waals surface area contributed by atoms with Crippen LogP contribution in [0.15, 0.2) is 29.4 Å². The summed E-state index contributed by atoms with van der Waals surface area (Å²) in [5.41, 5.74) is 2.91. The molecule has 1 N–H and O–H groups in total. The van der Waals surface area contributed by atoms with Gasteiger partial charge in [-0.3, -0.25) is 14.7 Å². The lowest BCUT2D eigenvalue weighted by Crippen LogP contribution is -2.40. The molecule has 1 unspecified atom stereocenters. The van der Waals surface area contributed by atoms with Crippen molar-refractivity contribution < 1.29 is 4.79 Å². The zero-order valence-electron chi connectivity index (χ0n) is 14.1. The molecular weight excluding hydrogens is 288 g/mol. The molecule has 0 radical (unpaired) electrons. The van der Waals surface area contributed by atoms with Crippen molar-refractivity contribution in [1.29, 1.82) is 0 Å². The minimum absolute atomic E-state index is 0.00343. The zero-order valence-corrected chi connectivity index (χ0v) is 14.1. The number of hydrogen-bond acceptors (Lipinski definition) is 4. The van der Waals surface area contributed by atoms with Gasteiger partial charge in [-0.25, -0.2) is 0 Å². The molecule has 0 spiro atoms. The minimum Gasteiger partial charge on any atom is -0.350 e. The third-order valence-electron chi connectivity index (χ3n) is 4.73. The van der Waals surface area contributed by atoms with Crippen LogP contribution in [-0.2, 0) is 0 Å². The Hall–Kier alpha value is -1.88. The Morgan fingerprint density at radius 3 is 2.52 bits per heavy atom. The van der Waals surface area contributed by atoms with E-state index in [1.54, 1.807) is 0 Å². The summed E-state index contributed by atoms with van der Waals surface area (Å²) in [6.07, 6.45) is 3.56. The van der Waals surface area contributed by atoms with Gasteiger partial charge in [0, 0.05) is 36.8 Å². The quantitative estimate of drug-likeness (QED) is 0.908. The molecule has 0 saturated carbocycles. The van der Waals surface area contributed by atoms with Gasteiger partial charge in [0.25, 0.3) is 5.91 Å². The maximum atomic E-state index is 12.3. The molecular formula is C18H26N4O. The van der Waals surface area contributed by atoms with Crippen LogP contribution in [0.1, 0.15) is 43.5 Å². The summed E-state index contributed by atoms with van der Waals surface area (Å²) < 4.78 is 0. The fourth-order valence-electron chi connectivity index (χ4n) is 3.20. The molecule has 1 saturated heterocycles. The third-order valence-corrected chi connectivity index (χ3v) is 4.73. The summed E-state index contributed by atoms with van der Waals surface area (Å²) in [5.74, 6) is 0.00343. The number of hydrazone groups is 1. The molecule has 23 heavy (non-hydrogen) atoms. The zero-order chi connectivity index (χ0) is 16.2. The van der Waals surface area contributed by atoms with E-state index in [1.165, 1.54) is 12.8 Å². The fraction of sp³-hybridized carbons (Fsp3) is 0.556. The molecule has 2 heterocycles. The molecule has 1 amide bonds. The highest BCUT2D eigenvalue weighted by Gasteiger charge is 2.19. The van der Waals surface area contributed by atoms with Crippen LogP contribution in [0.5, 0.6) is 0 Å². The molecule has 0 bridgehead atoms. The Kier molecular flexibility index (Phi) is 4.96. The number of amides is 1. The number of benzene rings is 1. The number of hydrogen-bond donors (Lipinski definition) is 1. The number of carbonyl (C=O) groups is 1. The Morgan fingerprint density at radius 1 is 1.22 bits per heavy atom. The van der Waals surface area contributed by atoms with Gasteiger partial charge >= 0.3 is 0 Å². The molecule has 2 aliphatic heterocycles. The van der Waals surface area contributed by atoms with Crippen LogP contribution in [0, 0.1) is 0 Å². The number of rotatable bonds is 5. The van der Waals surface area contributed by atoms with Gasteiger partial charge in [-0.15, -0.1) is 0 Å². The molecule has 1 atom stereocenters. The molecule has 1 fully saturated rings. The Morgan fingerprint density at radius 2 is 1.91 bits per heavy atom. The highest BCUT2D eigenvalue weighted by Crippen LogP contribution is 2.20. The smallest absolute Gasteiger partial charge is 0.251 e. The summed E-state index contributed by atoms with van der Waals surface area (Å²) in [5, 5.41) is 9.52. The number of anilines is 1. The molecule has 5 nitrogen and oxygen atoms in total. The van der Waals surface area contributed by atoms with E-state index in [-0.39, 0.29) is 5.91 Å². The normalized spacial score (nSPS) is 19.7. The predicted molar refractivity (Wildman–Crippen MR) is 94.1 cm³/mol. The van der Waals surface area contributed by atoms with Gasteiger partial charge in [-0.1, -0.05) is 0 Å². The second-order valence-electron chi connectivity index (χ2n) is 6.56. The van der Waals surface area contributed by atoms with Gasteiger partial charge in [0.15, 0.2) is 0 Å². The van der Waals surface area contributed by atoms with Gasteiger partial charge < -0.3 is 5.32 Å². The van der Waals surface area contributed by atoms with Crippen molar-refractivity contribution in [2.45, 2.75) is 39.2 Å². The SMILES string of the molecule is CC1=NN(c2ccc(C(=O)NCC(C)N3CCCC3)cc2)CC1. The summed E-state index contributed by atoms with van der Waals surface area (Å²) in [6, 6.07) is 8.12. The number of nitrogens with one attached hydrogen (secondary N) is 1. The van der Waals surface area contributed by atoms with Crippen molar-refractivity contribution in [3.05, 3.63) is 29.8 Å². The van der Waals surface area contributed by atoms with E-state index >= 15 is 0 Å². The van der Waals surface area contributed by atoms with Crippen molar-refractivity contribution in [2.24, 2.45) is 5.10 Å². The van der Waals surface area contributed by atoms with Crippen LogP contribution < -0.4 is 10.3 Å². The van der Waals surface area contributed by atoms with E-state index in [0.717, 1.165) is 37.5 Å². The van der Waals surface area contributed by atoms with Crippen molar-refractivity contribution >= 4 is 17.3 Å². The van der Waals surface area contributed by atoms with Crippen LogP contribution in [0.4, 0.5) is 5.69 Å². The van der Waals surface area contributed by atoms with Crippen molar-refractivity contribution in [1.82, 2.24) is 10.2 Å². The summed E-state index contributed by atoms with van der Waals surface area (Å²) in [4.78, 5) is 14.7. The van der Waals surface area contributed by atoms with Gasteiger partial charge in [-0.2, -0.15) is 5.10 Å². The van der Waals surface area contributed by atoms with Crippen LogP contribution in [0.3, 0.4) is 0 Å². The maximum Gasteiger partial charge on any atom is 0.251 e. The molecule has 2 aliphatic rings. The van der Waals surface area contributed by atoms with E-state index in [4.69, 9.17) is 0 Å². The average Bonchev–Trinajstić information content (AvgIpc) is 3.24. The lowest BCUT2D eigenvalue weighted by molar-refractivity contribution is 0.0940. The van der Waals surface area contributed by atoms with Crippen LogP contribution >= 0.6 is 0 Å². The van der Waals surface area contributed by atoms with Gasteiger partial charge in [0.2, 0.25) is 0 Å². The first kappa shape index (κ1) is 16.0. The van der Waals surface area contributed by atoms with Crippen molar-refractivity contribution in [3.8, 4) is 0 Å². The molecule has 124 valence electrons. The number of likely N-dealkylation sites (tertiary alicyclic amines) is 1. The largest absolute Gasteiger partial charge is 0.350 e. The second kappa shape index (κ2) is 7.13. The summed E-state index contributed by atoms with van der Waals surface area (Å²) in [7, 11) is 0. The first-order valence-electron chi connectivity index (χ1n) is 8.57.